The highest BCUT2D eigenvalue weighted by atomic mass is 16.6. The maximum absolute atomic E-state index is 13.5. The average Bonchev–Trinajstić information content (AvgIpc) is 3.06. The summed E-state index contributed by atoms with van der Waals surface area (Å²) >= 11 is 0. The van der Waals surface area contributed by atoms with E-state index in [9.17, 15) is 24.5 Å². The van der Waals surface area contributed by atoms with Gasteiger partial charge in [-0.3, -0.25) is 24.5 Å². The minimum absolute atomic E-state index is 0.196. The summed E-state index contributed by atoms with van der Waals surface area (Å²) in [6.45, 7) is 3.86. The quantitative estimate of drug-likeness (QED) is 0.470. The van der Waals surface area contributed by atoms with Crippen molar-refractivity contribution in [3.63, 3.8) is 0 Å². The Morgan fingerprint density at radius 3 is 2.23 bits per heavy atom. The van der Waals surface area contributed by atoms with Gasteiger partial charge in [-0.1, -0.05) is 38.1 Å². The molecule has 0 N–H and O–H groups in total. The molecule has 1 aliphatic heterocycles. The Kier molecular flexibility index (Phi) is 3.92. The van der Waals surface area contributed by atoms with Crippen LogP contribution in [0.4, 0.5) is 5.69 Å². The van der Waals surface area contributed by atoms with Gasteiger partial charge in [-0.2, -0.15) is 0 Å². The van der Waals surface area contributed by atoms with Crippen LogP contribution in [0.25, 0.3) is 16.5 Å². The van der Waals surface area contributed by atoms with Crippen LogP contribution < -0.4 is 11.1 Å². The van der Waals surface area contributed by atoms with Crippen LogP contribution in [0.1, 0.15) is 38.3 Å². The van der Waals surface area contributed by atoms with Crippen LogP contribution in [0.15, 0.2) is 63.7 Å². The fraction of sp³-hybridized carbons (Fsp3) is 0.261. The SMILES string of the molecule is CC1(C)CC(=O)C2=C(C1)n1c(=O)c3ccccc3c(=O)n1C2c1ccccc1[N+](=O)[O-]. The summed E-state index contributed by atoms with van der Waals surface area (Å²) in [7, 11) is 0. The molecule has 5 rings (SSSR count). The third-order valence-electron chi connectivity index (χ3n) is 6.10. The van der Waals surface area contributed by atoms with Crippen molar-refractivity contribution >= 4 is 27.9 Å². The molecule has 1 unspecified atom stereocenters. The van der Waals surface area contributed by atoms with Gasteiger partial charge in [-0.05, 0) is 30.0 Å². The van der Waals surface area contributed by atoms with Crippen molar-refractivity contribution in [2.45, 2.75) is 32.7 Å². The second-order valence-electron chi connectivity index (χ2n) is 8.83. The topological polar surface area (TPSA) is 104 Å². The number of nitro groups is 1. The van der Waals surface area contributed by atoms with E-state index in [0.29, 0.717) is 17.7 Å². The van der Waals surface area contributed by atoms with Crippen molar-refractivity contribution in [3.05, 3.63) is 90.5 Å². The fourth-order valence-corrected chi connectivity index (χ4v) is 4.86. The van der Waals surface area contributed by atoms with Crippen molar-refractivity contribution in [2.75, 3.05) is 0 Å². The number of allylic oxidation sites excluding steroid dienone is 2. The molecule has 31 heavy (non-hydrogen) atoms. The van der Waals surface area contributed by atoms with E-state index in [4.69, 9.17) is 0 Å². The molecule has 8 heteroatoms. The molecular formula is C23H19N3O5. The van der Waals surface area contributed by atoms with Gasteiger partial charge in [0.25, 0.3) is 16.8 Å². The predicted molar refractivity (Wildman–Crippen MR) is 115 cm³/mol. The third-order valence-corrected chi connectivity index (χ3v) is 6.10. The summed E-state index contributed by atoms with van der Waals surface area (Å²) in [4.78, 5) is 51.5. The molecule has 8 nitrogen and oxygen atoms in total. The number of carbonyl (C=O) groups is 1. The van der Waals surface area contributed by atoms with E-state index in [0.717, 1.165) is 0 Å². The van der Waals surface area contributed by atoms with Crippen molar-refractivity contribution in [3.8, 4) is 0 Å². The van der Waals surface area contributed by atoms with Crippen molar-refractivity contribution in [1.82, 2.24) is 9.36 Å². The van der Waals surface area contributed by atoms with Gasteiger partial charge in [0.2, 0.25) is 0 Å². The summed E-state index contributed by atoms with van der Waals surface area (Å²) < 4.78 is 2.51. The molecule has 0 amide bonds. The van der Waals surface area contributed by atoms with Crippen molar-refractivity contribution in [1.29, 1.82) is 0 Å². The lowest BCUT2D eigenvalue weighted by atomic mass is 9.74. The van der Waals surface area contributed by atoms with E-state index in [1.807, 2.05) is 13.8 Å². The van der Waals surface area contributed by atoms with Gasteiger partial charge in [0.1, 0.15) is 6.04 Å². The molecule has 0 bridgehead atoms. The van der Waals surface area contributed by atoms with Gasteiger partial charge in [0.05, 0.1) is 27.0 Å². The maximum atomic E-state index is 13.5. The first-order valence-electron chi connectivity index (χ1n) is 9.98. The Morgan fingerprint density at radius 1 is 0.935 bits per heavy atom. The molecular weight excluding hydrogens is 398 g/mol. The number of nitrogens with zero attached hydrogens (tertiary/aromatic N) is 3. The second-order valence-corrected chi connectivity index (χ2v) is 8.83. The first-order valence-corrected chi connectivity index (χ1v) is 9.98. The molecule has 0 radical (unpaired) electrons. The Morgan fingerprint density at radius 2 is 1.55 bits per heavy atom. The summed E-state index contributed by atoms with van der Waals surface area (Å²) in [5.74, 6) is -0.201. The highest BCUT2D eigenvalue weighted by Crippen LogP contribution is 2.48. The Balaban J connectivity index is 1.95. The molecule has 2 aromatic carbocycles. The van der Waals surface area contributed by atoms with Crippen molar-refractivity contribution < 1.29 is 9.72 Å². The van der Waals surface area contributed by atoms with Crippen LogP contribution in [0.2, 0.25) is 0 Å². The van der Waals surface area contributed by atoms with E-state index in [1.54, 1.807) is 36.4 Å². The Labute approximate surface area is 176 Å². The smallest absolute Gasteiger partial charge is 0.277 e. The van der Waals surface area contributed by atoms with Gasteiger partial charge >= 0.3 is 0 Å². The lowest BCUT2D eigenvalue weighted by Gasteiger charge is -2.30. The molecule has 2 aliphatic rings. The highest BCUT2D eigenvalue weighted by Gasteiger charge is 2.46. The summed E-state index contributed by atoms with van der Waals surface area (Å²) in [5.41, 5.74) is -0.499. The maximum Gasteiger partial charge on any atom is 0.277 e. The first kappa shape index (κ1) is 19.2. The molecule has 0 saturated heterocycles. The molecule has 2 heterocycles. The number of benzene rings is 2. The van der Waals surface area contributed by atoms with E-state index in [1.165, 1.54) is 21.5 Å². The van der Waals surface area contributed by atoms with Crippen LogP contribution in [-0.2, 0) is 4.79 Å². The first-order chi connectivity index (χ1) is 14.7. The van der Waals surface area contributed by atoms with Gasteiger partial charge in [-0.25, -0.2) is 9.36 Å². The van der Waals surface area contributed by atoms with Gasteiger partial charge in [0.15, 0.2) is 5.78 Å². The molecule has 1 atom stereocenters. The standard InChI is InChI=1S/C23H19N3O5/c1-23(2)11-17-19(18(27)12-23)20(15-9-5-6-10-16(15)26(30)31)25-22(29)14-8-4-3-7-13(14)21(28)24(17)25/h3-10,20H,11-12H2,1-2H3. The largest absolute Gasteiger partial charge is 0.294 e. The number of para-hydroxylation sites is 1. The average molecular weight is 417 g/mol. The van der Waals surface area contributed by atoms with Crippen molar-refractivity contribution in [2.24, 2.45) is 5.41 Å². The molecule has 0 fully saturated rings. The Bertz CT molecular complexity index is 1460. The van der Waals surface area contributed by atoms with Crippen LogP contribution in [0.3, 0.4) is 0 Å². The molecule has 1 aromatic heterocycles. The Hall–Kier alpha value is -3.81. The summed E-state index contributed by atoms with van der Waals surface area (Å²) in [6, 6.07) is 11.5. The van der Waals surface area contributed by atoms with Crippen LogP contribution in [-0.4, -0.2) is 20.1 Å². The zero-order valence-corrected chi connectivity index (χ0v) is 17.0. The zero-order chi connectivity index (χ0) is 22.1. The van der Waals surface area contributed by atoms with Crippen LogP contribution in [0, 0.1) is 15.5 Å². The highest BCUT2D eigenvalue weighted by molar-refractivity contribution is 6.05. The van der Waals surface area contributed by atoms with Crippen LogP contribution >= 0.6 is 0 Å². The molecule has 3 aromatic rings. The second kappa shape index (κ2) is 6.34. The number of nitro benzene ring substituents is 1. The normalized spacial score (nSPS) is 19.4. The molecule has 156 valence electrons. The van der Waals surface area contributed by atoms with E-state index in [-0.39, 0.29) is 34.2 Å². The van der Waals surface area contributed by atoms with Gasteiger partial charge < -0.3 is 0 Å². The predicted octanol–water partition coefficient (Wildman–Crippen LogP) is 3.27. The summed E-state index contributed by atoms with van der Waals surface area (Å²) in [5, 5.41) is 12.2. The number of aromatic nitrogens is 2. The number of hydrogen-bond acceptors (Lipinski definition) is 5. The molecule has 1 aliphatic carbocycles. The van der Waals surface area contributed by atoms with Gasteiger partial charge in [0, 0.05) is 18.1 Å². The number of fused-ring (bicyclic) bond motifs is 3. The van der Waals surface area contributed by atoms with Gasteiger partial charge in [-0.15, -0.1) is 0 Å². The minimum Gasteiger partial charge on any atom is -0.294 e. The molecule has 0 spiro atoms. The molecule has 0 saturated carbocycles. The lowest BCUT2D eigenvalue weighted by molar-refractivity contribution is -0.385. The monoisotopic (exact) mass is 417 g/mol. The fourth-order valence-electron chi connectivity index (χ4n) is 4.86. The van der Waals surface area contributed by atoms with E-state index in [2.05, 4.69) is 0 Å². The number of rotatable bonds is 2. The lowest BCUT2D eigenvalue weighted by Crippen LogP contribution is -2.37. The number of Topliss-reactive ketones (excluding diaryl/α,β-unsaturated/α-hetero) is 1. The van der Waals surface area contributed by atoms with Crippen LogP contribution in [0.5, 0.6) is 0 Å². The van der Waals surface area contributed by atoms with E-state index >= 15 is 0 Å². The summed E-state index contributed by atoms with van der Waals surface area (Å²) in [6.07, 6.45) is 0.642. The number of carbonyl (C=O) groups excluding carboxylic acids is 1. The number of hydrogen-bond donors (Lipinski definition) is 0. The third kappa shape index (κ3) is 2.64. The van der Waals surface area contributed by atoms with E-state index < -0.39 is 27.5 Å². The minimum atomic E-state index is -1.02. The zero-order valence-electron chi connectivity index (χ0n) is 17.0. The number of ketones is 1.